The van der Waals surface area contributed by atoms with Crippen molar-refractivity contribution in [1.82, 2.24) is 5.01 Å². The lowest BCUT2D eigenvalue weighted by Crippen LogP contribution is -2.42. The molecule has 0 radical (unpaired) electrons. The molecule has 0 aliphatic carbocycles. The molecule has 0 aromatic heterocycles. The maximum absolute atomic E-state index is 11.4. The maximum atomic E-state index is 11.4. The summed E-state index contributed by atoms with van der Waals surface area (Å²) in [6.07, 6.45) is 0. The molecule has 0 aromatic rings. The van der Waals surface area contributed by atoms with Crippen molar-refractivity contribution in [3.63, 3.8) is 0 Å². The molecule has 0 saturated carbocycles. The number of hydrazine groups is 1. The van der Waals surface area contributed by atoms with Gasteiger partial charge in [0.1, 0.15) is 6.61 Å². The van der Waals surface area contributed by atoms with Gasteiger partial charge in [-0.2, -0.15) is 0 Å². The summed E-state index contributed by atoms with van der Waals surface area (Å²) in [5, 5.41) is 17.1. The molecule has 0 N–H and O–H groups in total. The molecule has 0 saturated heterocycles. The second kappa shape index (κ2) is 6.86. The lowest BCUT2D eigenvalue weighted by molar-refractivity contribution is -0.723. The summed E-state index contributed by atoms with van der Waals surface area (Å²) >= 11 is 3.18. The van der Waals surface area contributed by atoms with Crippen LogP contribution in [0.4, 0.5) is 0 Å². The van der Waals surface area contributed by atoms with E-state index in [0.717, 1.165) is 0 Å². The summed E-state index contributed by atoms with van der Waals surface area (Å²) < 4.78 is 0. The summed E-state index contributed by atoms with van der Waals surface area (Å²) in [6, 6.07) is 0.202. The van der Waals surface area contributed by atoms with Crippen molar-refractivity contribution in [2.75, 3.05) is 11.9 Å². The molecule has 0 aliphatic heterocycles. The van der Waals surface area contributed by atoms with Crippen molar-refractivity contribution in [2.45, 2.75) is 39.8 Å². The van der Waals surface area contributed by atoms with Crippen molar-refractivity contribution in [2.24, 2.45) is 5.28 Å². The Hall–Kier alpha value is -0.520. The highest BCUT2D eigenvalue weighted by Crippen LogP contribution is 2.05. The molecule has 6 heteroatoms. The van der Waals surface area contributed by atoms with E-state index in [1.807, 2.05) is 27.7 Å². The Balaban J connectivity index is 4.28. The van der Waals surface area contributed by atoms with E-state index in [9.17, 15) is 5.21 Å². The highest BCUT2D eigenvalue weighted by Gasteiger charge is 2.21. The molecule has 0 bridgehead atoms. The van der Waals surface area contributed by atoms with Crippen LogP contribution in [0, 0.1) is 5.21 Å². The number of hydrogen-bond donors (Lipinski definition) is 0. The van der Waals surface area contributed by atoms with E-state index >= 15 is 0 Å². The average Bonchev–Trinajstić information content (AvgIpc) is 2.03. The number of halogens is 1. The third-order valence-corrected chi connectivity index (χ3v) is 1.88. The Bertz CT molecular complexity index is 177. The molecule has 0 rings (SSSR count). The van der Waals surface area contributed by atoms with Crippen LogP contribution in [0.25, 0.3) is 0 Å². The fraction of sp³-hybridized carbons (Fsp3) is 1.00. The summed E-state index contributed by atoms with van der Waals surface area (Å²) in [4.78, 5) is 5.29. The second-order valence-corrected chi connectivity index (χ2v) is 4.22. The van der Waals surface area contributed by atoms with E-state index in [1.54, 1.807) is 5.01 Å². The van der Waals surface area contributed by atoms with Crippen LogP contribution in [0.1, 0.15) is 27.7 Å². The lowest BCUT2D eigenvalue weighted by Gasteiger charge is -2.24. The fourth-order valence-electron chi connectivity index (χ4n) is 1.16. The lowest BCUT2D eigenvalue weighted by atomic mass is 10.3. The van der Waals surface area contributed by atoms with Crippen LogP contribution in [-0.4, -0.2) is 34.0 Å². The predicted molar refractivity (Wildman–Crippen MR) is 57.9 cm³/mol. The number of nitrogens with zero attached hydrogens (tertiary/aromatic N) is 3. The number of rotatable bonds is 6. The molecule has 84 valence electrons. The Kier molecular flexibility index (Phi) is 6.61. The van der Waals surface area contributed by atoms with Gasteiger partial charge < -0.3 is 10.0 Å². The topological polar surface area (TPSA) is 50.9 Å². The molecule has 0 amide bonds. The summed E-state index contributed by atoms with van der Waals surface area (Å²) in [7, 11) is 0. The molecule has 0 heterocycles. The van der Waals surface area contributed by atoms with Gasteiger partial charge in [-0.05, 0) is 27.7 Å². The molecular formula is C8H18BrN3O2. The van der Waals surface area contributed by atoms with Crippen LogP contribution < -0.4 is 0 Å². The van der Waals surface area contributed by atoms with Gasteiger partial charge in [0.25, 0.3) is 0 Å². The van der Waals surface area contributed by atoms with Crippen LogP contribution in [0.2, 0.25) is 0 Å². The van der Waals surface area contributed by atoms with Crippen LogP contribution in [0.5, 0.6) is 0 Å². The van der Waals surface area contributed by atoms with Gasteiger partial charge in [-0.25, -0.2) is 0 Å². The minimum Gasteiger partial charge on any atom is -0.569 e. The Labute approximate surface area is 93.4 Å². The van der Waals surface area contributed by atoms with Crippen LogP contribution in [0.3, 0.4) is 0 Å². The first-order valence-corrected chi connectivity index (χ1v) is 5.77. The zero-order valence-corrected chi connectivity index (χ0v) is 10.7. The largest absolute Gasteiger partial charge is 0.569 e. The Morgan fingerprint density at radius 3 is 2.21 bits per heavy atom. The van der Waals surface area contributed by atoms with Gasteiger partial charge in [-0.15, -0.1) is 5.01 Å². The van der Waals surface area contributed by atoms with Crippen molar-refractivity contribution < 1.29 is 9.81 Å². The molecule has 0 fully saturated rings. The van der Waals surface area contributed by atoms with Crippen molar-refractivity contribution >= 4 is 15.9 Å². The van der Waals surface area contributed by atoms with Crippen LogP contribution in [-0.2, 0) is 4.84 Å². The predicted octanol–water partition coefficient (Wildman–Crippen LogP) is 2.31. The van der Waals surface area contributed by atoms with E-state index in [-0.39, 0.29) is 12.1 Å². The fourth-order valence-corrected chi connectivity index (χ4v) is 1.30. The van der Waals surface area contributed by atoms with Crippen LogP contribution in [0.15, 0.2) is 5.28 Å². The summed E-state index contributed by atoms with van der Waals surface area (Å²) in [6.45, 7) is 8.13. The van der Waals surface area contributed by atoms with E-state index in [2.05, 4.69) is 21.2 Å². The highest BCUT2D eigenvalue weighted by atomic mass is 79.9. The average molecular weight is 268 g/mol. The first-order valence-electron chi connectivity index (χ1n) is 4.65. The van der Waals surface area contributed by atoms with E-state index in [1.165, 1.54) is 0 Å². The van der Waals surface area contributed by atoms with Gasteiger partial charge >= 0.3 is 0 Å². The molecule has 0 unspecified atom stereocenters. The van der Waals surface area contributed by atoms with Crippen molar-refractivity contribution in [3.05, 3.63) is 5.21 Å². The van der Waals surface area contributed by atoms with E-state index < -0.39 is 0 Å². The van der Waals surface area contributed by atoms with Gasteiger partial charge in [0.15, 0.2) is 0 Å². The Morgan fingerprint density at radius 2 is 1.86 bits per heavy atom. The van der Waals surface area contributed by atoms with Gasteiger partial charge in [0.2, 0.25) is 5.28 Å². The first kappa shape index (κ1) is 13.5. The van der Waals surface area contributed by atoms with Gasteiger partial charge in [0.05, 0.1) is 17.1 Å². The summed E-state index contributed by atoms with van der Waals surface area (Å²) in [5.41, 5.74) is 0. The number of hydrogen-bond acceptors (Lipinski definition) is 3. The molecule has 5 nitrogen and oxygen atoms in total. The smallest absolute Gasteiger partial charge is 0.233 e. The van der Waals surface area contributed by atoms with Crippen LogP contribution >= 0.6 is 15.9 Å². The van der Waals surface area contributed by atoms with E-state index in [4.69, 9.17) is 4.84 Å². The standard InChI is InChI=1S/C8H18BrN3O2/c1-7(2)11(8(3)4)12(13)10-14-6-5-9/h7-8H,5-6H2,1-4H3/b12-10-. The van der Waals surface area contributed by atoms with Gasteiger partial charge in [0, 0.05) is 5.33 Å². The maximum Gasteiger partial charge on any atom is 0.233 e. The van der Waals surface area contributed by atoms with Crippen molar-refractivity contribution in [1.29, 1.82) is 0 Å². The minimum atomic E-state index is 0.101. The summed E-state index contributed by atoms with van der Waals surface area (Å²) in [5.74, 6) is 0. The monoisotopic (exact) mass is 267 g/mol. The normalized spacial score (nSPS) is 12.4. The highest BCUT2D eigenvalue weighted by molar-refractivity contribution is 9.09. The third-order valence-electron chi connectivity index (χ3n) is 1.55. The van der Waals surface area contributed by atoms with Gasteiger partial charge in [-0.3, -0.25) is 0 Å². The van der Waals surface area contributed by atoms with Gasteiger partial charge in [-0.1, -0.05) is 15.9 Å². The molecule has 0 atom stereocenters. The number of alkyl halides is 1. The first-order chi connectivity index (χ1) is 6.50. The zero-order valence-electron chi connectivity index (χ0n) is 9.11. The quantitative estimate of drug-likeness (QED) is 0.244. The second-order valence-electron chi connectivity index (χ2n) is 3.42. The third kappa shape index (κ3) is 4.64. The van der Waals surface area contributed by atoms with Crippen molar-refractivity contribution in [3.8, 4) is 0 Å². The Morgan fingerprint density at radius 1 is 1.36 bits per heavy atom. The zero-order chi connectivity index (χ0) is 11.1. The van der Waals surface area contributed by atoms with E-state index in [0.29, 0.717) is 16.9 Å². The SMILES string of the molecule is CC(C)N(C(C)C)/[N+]([O-])=N/OCCBr. The molecule has 0 aromatic carbocycles. The molecule has 0 spiro atoms. The molecular weight excluding hydrogens is 250 g/mol. The molecule has 14 heavy (non-hydrogen) atoms. The minimum absolute atomic E-state index is 0.101. The molecule has 0 aliphatic rings.